The van der Waals surface area contributed by atoms with E-state index < -0.39 is 49.5 Å². The van der Waals surface area contributed by atoms with Crippen molar-refractivity contribution in [2.24, 2.45) is 0 Å². The normalized spacial score (nSPS) is 20.7. The van der Waals surface area contributed by atoms with E-state index in [4.69, 9.17) is 9.47 Å². The lowest BCUT2D eigenvalue weighted by atomic mass is 9.99. The molecular formula is C50H97NO8. The van der Waals surface area contributed by atoms with Gasteiger partial charge in [-0.3, -0.25) is 4.79 Å². The fraction of sp³-hybridized carbons (Fsp3) is 0.940. The molecular weight excluding hydrogens is 743 g/mol. The quantitative estimate of drug-likeness (QED) is 0.0263. The van der Waals surface area contributed by atoms with Crippen LogP contribution in [-0.2, 0) is 14.3 Å². The number of amides is 1. The molecule has 350 valence electrons. The zero-order valence-corrected chi connectivity index (χ0v) is 38.5. The number of allylic oxidation sites excluding steroid dienone is 1. The van der Waals surface area contributed by atoms with Gasteiger partial charge in [0.2, 0.25) is 5.91 Å². The Labute approximate surface area is 363 Å². The van der Waals surface area contributed by atoms with Crippen molar-refractivity contribution in [1.29, 1.82) is 0 Å². The maximum Gasteiger partial charge on any atom is 0.220 e. The van der Waals surface area contributed by atoms with E-state index in [2.05, 4.69) is 19.2 Å². The second-order valence-electron chi connectivity index (χ2n) is 18.0. The first-order chi connectivity index (χ1) is 28.8. The molecule has 0 aromatic heterocycles. The van der Waals surface area contributed by atoms with Gasteiger partial charge >= 0.3 is 0 Å². The Hall–Kier alpha value is -1.07. The number of ether oxygens (including phenoxy) is 2. The molecule has 0 saturated carbocycles. The van der Waals surface area contributed by atoms with Gasteiger partial charge in [0, 0.05) is 6.42 Å². The SMILES string of the molecule is CCCCC/C=C/C(O)C(COC1OC(CO)C(O)C(O)C1O)NC(=O)CCCCCCCCCCCCCCCCCCCCCCCCCCCCCCCCC. The third-order valence-corrected chi connectivity index (χ3v) is 12.4. The summed E-state index contributed by atoms with van der Waals surface area (Å²) in [5, 5.41) is 53.7. The lowest BCUT2D eigenvalue weighted by Crippen LogP contribution is -2.60. The number of nitrogens with one attached hydrogen (secondary N) is 1. The van der Waals surface area contributed by atoms with Crippen LogP contribution in [0.25, 0.3) is 0 Å². The van der Waals surface area contributed by atoms with Gasteiger partial charge in [-0.05, 0) is 19.3 Å². The van der Waals surface area contributed by atoms with Gasteiger partial charge in [-0.25, -0.2) is 0 Å². The minimum atomic E-state index is -1.56. The molecule has 6 N–H and O–H groups in total. The van der Waals surface area contributed by atoms with Crippen LogP contribution in [0.5, 0.6) is 0 Å². The van der Waals surface area contributed by atoms with E-state index in [9.17, 15) is 30.3 Å². The Kier molecular flexibility index (Phi) is 38.9. The molecule has 1 aliphatic rings. The average Bonchev–Trinajstić information content (AvgIpc) is 3.23. The number of carbonyl (C=O) groups excluding carboxylic acids is 1. The molecule has 0 spiro atoms. The second kappa shape index (κ2) is 41.0. The highest BCUT2D eigenvalue weighted by Crippen LogP contribution is 2.23. The van der Waals surface area contributed by atoms with Crippen molar-refractivity contribution in [1.82, 2.24) is 5.32 Å². The summed E-state index contributed by atoms with van der Waals surface area (Å²) in [5.41, 5.74) is 0. The van der Waals surface area contributed by atoms with Crippen molar-refractivity contribution < 1.29 is 39.8 Å². The van der Waals surface area contributed by atoms with Crippen LogP contribution in [-0.4, -0.2) is 87.5 Å². The van der Waals surface area contributed by atoms with E-state index >= 15 is 0 Å². The van der Waals surface area contributed by atoms with Crippen molar-refractivity contribution in [3.63, 3.8) is 0 Å². The van der Waals surface area contributed by atoms with E-state index in [0.29, 0.717) is 6.42 Å². The summed E-state index contributed by atoms with van der Waals surface area (Å²) in [7, 11) is 0. The number of rotatable bonds is 43. The van der Waals surface area contributed by atoms with E-state index in [1.165, 1.54) is 180 Å². The molecule has 9 heteroatoms. The van der Waals surface area contributed by atoms with Crippen molar-refractivity contribution >= 4 is 5.91 Å². The van der Waals surface area contributed by atoms with Crippen LogP contribution in [0.3, 0.4) is 0 Å². The van der Waals surface area contributed by atoms with Crippen LogP contribution < -0.4 is 5.32 Å². The Morgan fingerprint density at radius 1 is 0.559 bits per heavy atom. The molecule has 59 heavy (non-hydrogen) atoms. The molecule has 7 atom stereocenters. The summed E-state index contributed by atoms with van der Waals surface area (Å²) in [6, 6.07) is -0.796. The lowest BCUT2D eigenvalue weighted by molar-refractivity contribution is -0.302. The van der Waals surface area contributed by atoms with E-state index in [1.54, 1.807) is 6.08 Å². The van der Waals surface area contributed by atoms with Crippen LogP contribution in [0.4, 0.5) is 0 Å². The van der Waals surface area contributed by atoms with Gasteiger partial charge in [-0.2, -0.15) is 0 Å². The van der Waals surface area contributed by atoms with Gasteiger partial charge in [-0.15, -0.1) is 0 Å². The molecule has 1 amide bonds. The van der Waals surface area contributed by atoms with Crippen molar-refractivity contribution in [3.05, 3.63) is 12.2 Å². The summed E-state index contributed by atoms with van der Waals surface area (Å²) < 4.78 is 11.1. The molecule has 1 rings (SSSR count). The predicted molar refractivity (Wildman–Crippen MR) is 244 cm³/mol. The minimum absolute atomic E-state index is 0.179. The lowest BCUT2D eigenvalue weighted by Gasteiger charge is -2.40. The molecule has 1 fully saturated rings. The maximum atomic E-state index is 12.9. The number of unbranched alkanes of at least 4 members (excludes halogenated alkanes) is 33. The predicted octanol–water partition coefficient (Wildman–Crippen LogP) is 11.3. The van der Waals surface area contributed by atoms with E-state index in [-0.39, 0.29) is 12.5 Å². The fourth-order valence-electron chi connectivity index (χ4n) is 8.28. The van der Waals surface area contributed by atoms with E-state index in [0.717, 1.165) is 44.9 Å². The Bertz CT molecular complexity index is 935. The van der Waals surface area contributed by atoms with Crippen LogP contribution in [0.15, 0.2) is 12.2 Å². The van der Waals surface area contributed by atoms with Gasteiger partial charge in [0.25, 0.3) is 0 Å². The topological polar surface area (TPSA) is 149 Å². The zero-order valence-electron chi connectivity index (χ0n) is 38.5. The summed E-state index contributed by atoms with van der Waals surface area (Å²) >= 11 is 0. The molecule has 0 aromatic carbocycles. The minimum Gasteiger partial charge on any atom is -0.394 e. The maximum absolute atomic E-state index is 12.9. The second-order valence-corrected chi connectivity index (χ2v) is 18.0. The number of carbonyl (C=O) groups is 1. The summed E-state index contributed by atoms with van der Waals surface area (Å²) in [5.74, 6) is -0.179. The van der Waals surface area contributed by atoms with Gasteiger partial charge in [0.15, 0.2) is 6.29 Å². The molecule has 9 nitrogen and oxygen atoms in total. The molecule has 0 bridgehead atoms. The Morgan fingerprint density at radius 2 is 0.932 bits per heavy atom. The van der Waals surface area contributed by atoms with Gasteiger partial charge in [0.1, 0.15) is 24.4 Å². The third-order valence-electron chi connectivity index (χ3n) is 12.4. The largest absolute Gasteiger partial charge is 0.394 e. The van der Waals surface area contributed by atoms with Crippen molar-refractivity contribution in [3.8, 4) is 0 Å². The van der Waals surface area contributed by atoms with E-state index in [1.807, 2.05) is 6.08 Å². The summed E-state index contributed by atoms with van der Waals surface area (Å²) in [4.78, 5) is 12.9. The molecule has 1 aliphatic heterocycles. The highest BCUT2D eigenvalue weighted by Gasteiger charge is 2.44. The number of aliphatic hydroxyl groups excluding tert-OH is 5. The van der Waals surface area contributed by atoms with Crippen LogP contribution in [0.1, 0.15) is 245 Å². The molecule has 1 saturated heterocycles. The first-order valence-corrected chi connectivity index (χ1v) is 25.4. The molecule has 0 radical (unpaired) electrons. The zero-order chi connectivity index (χ0) is 43.0. The third kappa shape index (κ3) is 31.4. The highest BCUT2D eigenvalue weighted by atomic mass is 16.7. The molecule has 0 aromatic rings. The fourth-order valence-corrected chi connectivity index (χ4v) is 8.28. The summed E-state index contributed by atoms with van der Waals surface area (Å²) in [6.07, 6.45) is 42.1. The number of hydrogen-bond acceptors (Lipinski definition) is 8. The van der Waals surface area contributed by atoms with Gasteiger partial charge in [-0.1, -0.05) is 231 Å². The highest BCUT2D eigenvalue weighted by molar-refractivity contribution is 5.76. The standard InChI is InChI=1S/C50H97NO8/c1-3-5-7-9-10-11-12-13-14-15-16-17-18-19-20-21-22-23-24-25-26-27-28-29-30-31-32-33-34-36-38-40-46(54)51-43(44(53)39-37-35-8-6-4-2)42-58-50-49(57)48(56)47(55)45(41-52)59-50/h37,39,43-45,47-50,52-53,55-57H,3-36,38,40-42H2,1-2H3,(H,51,54)/b39-37+. The number of aliphatic hydroxyl groups is 5. The summed E-state index contributed by atoms with van der Waals surface area (Å²) in [6.45, 7) is 3.68. The Balaban J connectivity index is 2.00. The van der Waals surface area contributed by atoms with Gasteiger partial charge in [0.05, 0.1) is 25.4 Å². The number of hydrogen-bond donors (Lipinski definition) is 6. The first-order valence-electron chi connectivity index (χ1n) is 25.4. The molecule has 0 aliphatic carbocycles. The molecule has 7 unspecified atom stereocenters. The van der Waals surface area contributed by atoms with Crippen LogP contribution in [0.2, 0.25) is 0 Å². The smallest absolute Gasteiger partial charge is 0.220 e. The van der Waals surface area contributed by atoms with Crippen LogP contribution >= 0.6 is 0 Å². The van der Waals surface area contributed by atoms with Gasteiger partial charge < -0.3 is 40.3 Å². The molecule has 1 heterocycles. The van der Waals surface area contributed by atoms with Crippen LogP contribution in [0, 0.1) is 0 Å². The average molecular weight is 840 g/mol. The monoisotopic (exact) mass is 840 g/mol. The Morgan fingerprint density at radius 3 is 1.32 bits per heavy atom. The van der Waals surface area contributed by atoms with Crippen molar-refractivity contribution in [2.75, 3.05) is 13.2 Å². The first kappa shape index (κ1) is 55.9. The van der Waals surface area contributed by atoms with Crippen molar-refractivity contribution in [2.45, 2.75) is 288 Å².